The van der Waals surface area contributed by atoms with E-state index in [2.05, 4.69) is 30.7 Å². The van der Waals surface area contributed by atoms with E-state index in [1.165, 1.54) is 21.0 Å². The number of nitrogens with zero attached hydrogens (tertiary/aromatic N) is 3. The quantitative estimate of drug-likeness (QED) is 0.424. The smallest absolute Gasteiger partial charge is 0.328 e. The summed E-state index contributed by atoms with van der Waals surface area (Å²) in [6.45, 7) is 2.68. The summed E-state index contributed by atoms with van der Waals surface area (Å²) >= 11 is 0. The van der Waals surface area contributed by atoms with Gasteiger partial charge >= 0.3 is 11.9 Å². The van der Waals surface area contributed by atoms with Crippen LogP contribution in [0.1, 0.15) is 26.1 Å². The molecule has 0 saturated heterocycles. The molecule has 1 unspecified atom stereocenters. The number of carboxylic acid groups (broad SMARTS) is 1. The third-order valence-electron chi connectivity index (χ3n) is 3.11. The standard InChI is InChI=1S/C11H17N5O5/c1-6(8(17)21-3)12-9(18)11(2,10(19)20)5-4-7-13-15-16-14-7/h6H,4-5H2,1-3H3,(H,12,18)(H,19,20)(H,13,14,15,16)/t6-,11?/m1/s1. The molecule has 0 bridgehead atoms. The molecule has 1 amide bonds. The van der Waals surface area contributed by atoms with E-state index in [0.29, 0.717) is 5.82 Å². The fourth-order valence-corrected chi connectivity index (χ4v) is 1.56. The number of aryl methyl sites for hydroxylation is 1. The summed E-state index contributed by atoms with van der Waals surface area (Å²) in [6.07, 6.45) is 0.112. The summed E-state index contributed by atoms with van der Waals surface area (Å²) in [5.41, 5.74) is -1.72. The fraction of sp³-hybridized carbons (Fsp3) is 0.636. The van der Waals surface area contributed by atoms with Crippen LogP contribution in [0.15, 0.2) is 0 Å². The van der Waals surface area contributed by atoms with Crippen LogP contribution in [-0.2, 0) is 25.5 Å². The molecule has 0 radical (unpaired) electrons. The first kappa shape index (κ1) is 16.5. The molecule has 1 rings (SSSR count). The highest BCUT2D eigenvalue weighted by Gasteiger charge is 2.42. The van der Waals surface area contributed by atoms with E-state index in [-0.39, 0.29) is 12.8 Å². The van der Waals surface area contributed by atoms with Crippen LogP contribution in [0.4, 0.5) is 0 Å². The number of hydrogen-bond donors (Lipinski definition) is 3. The van der Waals surface area contributed by atoms with Crippen molar-refractivity contribution in [1.29, 1.82) is 0 Å². The van der Waals surface area contributed by atoms with E-state index in [4.69, 9.17) is 0 Å². The second kappa shape index (κ2) is 6.77. The highest BCUT2D eigenvalue weighted by Crippen LogP contribution is 2.24. The van der Waals surface area contributed by atoms with Gasteiger partial charge < -0.3 is 15.2 Å². The Bertz CT molecular complexity index is 517. The van der Waals surface area contributed by atoms with E-state index in [1.54, 1.807) is 0 Å². The molecule has 10 heteroatoms. The molecule has 10 nitrogen and oxygen atoms in total. The Kier molecular flexibility index (Phi) is 5.33. The molecule has 3 N–H and O–H groups in total. The summed E-state index contributed by atoms with van der Waals surface area (Å²) in [4.78, 5) is 34.8. The lowest BCUT2D eigenvalue weighted by Gasteiger charge is -2.24. The minimum Gasteiger partial charge on any atom is -0.480 e. The van der Waals surface area contributed by atoms with Gasteiger partial charge in [-0.2, -0.15) is 5.21 Å². The first-order chi connectivity index (χ1) is 9.81. The molecule has 0 spiro atoms. The molecule has 1 aromatic heterocycles. The summed E-state index contributed by atoms with van der Waals surface area (Å²) in [6, 6.07) is -0.939. The molecule has 116 valence electrons. The van der Waals surface area contributed by atoms with Gasteiger partial charge in [0.1, 0.15) is 11.5 Å². The van der Waals surface area contributed by atoms with Crippen LogP contribution in [0.3, 0.4) is 0 Å². The highest BCUT2D eigenvalue weighted by molar-refractivity contribution is 6.02. The molecular formula is C11H17N5O5. The Morgan fingerprint density at radius 3 is 2.62 bits per heavy atom. The van der Waals surface area contributed by atoms with Crippen LogP contribution in [0.2, 0.25) is 0 Å². The number of rotatable bonds is 7. The maximum absolute atomic E-state index is 12.1. The molecule has 0 aliphatic carbocycles. The number of amides is 1. The molecule has 0 aliphatic rings. The Labute approximate surface area is 120 Å². The number of carbonyl (C=O) groups is 3. The number of tetrazole rings is 1. The summed E-state index contributed by atoms with van der Waals surface area (Å²) < 4.78 is 4.47. The fourth-order valence-electron chi connectivity index (χ4n) is 1.56. The number of aromatic amines is 1. The van der Waals surface area contributed by atoms with Gasteiger partial charge in [-0.1, -0.05) is 5.21 Å². The van der Waals surface area contributed by atoms with Gasteiger partial charge in [0.15, 0.2) is 5.82 Å². The van der Waals surface area contributed by atoms with Gasteiger partial charge in [-0.05, 0) is 20.3 Å². The van der Waals surface area contributed by atoms with Gasteiger partial charge in [0.25, 0.3) is 0 Å². The zero-order valence-corrected chi connectivity index (χ0v) is 11.9. The largest absolute Gasteiger partial charge is 0.480 e. The van der Waals surface area contributed by atoms with Crippen molar-refractivity contribution in [3.8, 4) is 0 Å². The highest BCUT2D eigenvalue weighted by atomic mass is 16.5. The van der Waals surface area contributed by atoms with E-state index in [1.807, 2.05) is 0 Å². The zero-order valence-electron chi connectivity index (χ0n) is 11.9. The van der Waals surface area contributed by atoms with Gasteiger partial charge in [0, 0.05) is 6.42 Å². The third kappa shape index (κ3) is 3.97. The lowest BCUT2D eigenvalue weighted by Crippen LogP contribution is -2.50. The van der Waals surface area contributed by atoms with Gasteiger partial charge in [0.05, 0.1) is 7.11 Å². The lowest BCUT2D eigenvalue weighted by molar-refractivity contribution is -0.157. The van der Waals surface area contributed by atoms with Crippen molar-refractivity contribution in [2.24, 2.45) is 5.41 Å². The van der Waals surface area contributed by atoms with Crippen molar-refractivity contribution < 1.29 is 24.2 Å². The average Bonchev–Trinajstić information content (AvgIpc) is 2.96. The molecular weight excluding hydrogens is 282 g/mol. The number of nitrogens with one attached hydrogen (secondary N) is 2. The van der Waals surface area contributed by atoms with Gasteiger partial charge in [-0.15, -0.1) is 10.2 Å². The number of hydrogen-bond acceptors (Lipinski definition) is 7. The molecule has 0 aromatic carbocycles. The number of esters is 1. The predicted molar refractivity (Wildman–Crippen MR) is 67.9 cm³/mol. The molecule has 1 heterocycles. The van der Waals surface area contributed by atoms with Crippen molar-refractivity contribution >= 4 is 17.8 Å². The lowest BCUT2D eigenvalue weighted by atomic mass is 9.84. The van der Waals surface area contributed by atoms with Crippen molar-refractivity contribution in [3.63, 3.8) is 0 Å². The summed E-state index contributed by atoms with van der Waals surface area (Å²) in [5, 5.41) is 24.6. The minimum absolute atomic E-state index is 0.0401. The predicted octanol–water partition coefficient (Wildman–Crippen LogP) is -1.10. The topological polar surface area (TPSA) is 147 Å². The number of carbonyl (C=O) groups excluding carboxylic acids is 2. The number of aromatic nitrogens is 4. The van der Waals surface area contributed by atoms with Gasteiger partial charge in [-0.3, -0.25) is 9.59 Å². The summed E-state index contributed by atoms with van der Waals surface area (Å²) in [5.74, 6) is -2.44. The number of aliphatic carboxylic acids is 1. The normalized spacial score (nSPS) is 14.8. The maximum atomic E-state index is 12.1. The Balaban J connectivity index is 2.76. The molecule has 1 aromatic rings. The molecule has 0 aliphatic heterocycles. The van der Waals surface area contributed by atoms with Crippen molar-refractivity contribution in [2.75, 3.05) is 7.11 Å². The maximum Gasteiger partial charge on any atom is 0.328 e. The average molecular weight is 299 g/mol. The minimum atomic E-state index is -1.72. The van der Waals surface area contributed by atoms with Crippen LogP contribution in [0.5, 0.6) is 0 Å². The first-order valence-electron chi connectivity index (χ1n) is 6.15. The number of ether oxygens (including phenoxy) is 1. The first-order valence-corrected chi connectivity index (χ1v) is 6.15. The second-order valence-electron chi connectivity index (χ2n) is 4.68. The number of H-pyrrole nitrogens is 1. The van der Waals surface area contributed by atoms with E-state index < -0.39 is 29.3 Å². The Hall–Kier alpha value is -2.52. The molecule has 2 atom stereocenters. The number of methoxy groups -OCH3 is 1. The Morgan fingerprint density at radius 1 is 1.48 bits per heavy atom. The van der Waals surface area contributed by atoms with Crippen LogP contribution in [0, 0.1) is 5.41 Å². The summed E-state index contributed by atoms with van der Waals surface area (Å²) in [7, 11) is 1.18. The molecule has 0 saturated carbocycles. The third-order valence-corrected chi connectivity index (χ3v) is 3.11. The monoisotopic (exact) mass is 299 g/mol. The van der Waals surface area contributed by atoms with Crippen LogP contribution in [-0.4, -0.2) is 56.7 Å². The van der Waals surface area contributed by atoms with E-state index >= 15 is 0 Å². The number of carboxylic acids is 1. The van der Waals surface area contributed by atoms with Crippen molar-refractivity contribution in [3.05, 3.63) is 5.82 Å². The Morgan fingerprint density at radius 2 is 2.14 bits per heavy atom. The molecule has 0 fully saturated rings. The molecule has 21 heavy (non-hydrogen) atoms. The van der Waals surface area contributed by atoms with Crippen LogP contribution >= 0.6 is 0 Å². The van der Waals surface area contributed by atoms with Crippen LogP contribution < -0.4 is 5.32 Å². The van der Waals surface area contributed by atoms with Crippen molar-refractivity contribution in [2.45, 2.75) is 32.7 Å². The second-order valence-corrected chi connectivity index (χ2v) is 4.68. The van der Waals surface area contributed by atoms with E-state index in [9.17, 15) is 19.5 Å². The van der Waals surface area contributed by atoms with E-state index in [0.717, 1.165) is 0 Å². The zero-order chi connectivity index (χ0) is 16.0. The SMILES string of the molecule is COC(=O)[C@@H](C)NC(=O)C(C)(CCc1nn[nH]n1)C(=O)O. The van der Waals surface area contributed by atoms with Crippen molar-refractivity contribution in [1.82, 2.24) is 25.9 Å². The van der Waals surface area contributed by atoms with Gasteiger partial charge in [0.2, 0.25) is 5.91 Å². The van der Waals surface area contributed by atoms with Crippen LogP contribution in [0.25, 0.3) is 0 Å². The van der Waals surface area contributed by atoms with Gasteiger partial charge in [-0.25, -0.2) is 4.79 Å².